The molecule has 1 aromatic heterocycles. The maximum atomic E-state index is 12.9. The van der Waals surface area contributed by atoms with E-state index in [9.17, 15) is 9.59 Å². The van der Waals surface area contributed by atoms with Gasteiger partial charge in [-0.1, -0.05) is 29.5 Å². The first-order valence-corrected chi connectivity index (χ1v) is 12.7. The highest BCUT2D eigenvalue weighted by molar-refractivity contribution is 7.99. The Labute approximate surface area is 208 Å². The van der Waals surface area contributed by atoms with Gasteiger partial charge in [-0.3, -0.25) is 14.2 Å². The number of hydrogen-bond acceptors (Lipinski definition) is 6. The van der Waals surface area contributed by atoms with Crippen LogP contribution in [0.15, 0.2) is 53.9 Å². The molecule has 0 bridgehead atoms. The first-order chi connectivity index (χ1) is 17.0. The number of ether oxygens (including phenoxy) is 2. The van der Waals surface area contributed by atoms with E-state index in [2.05, 4.69) is 42.3 Å². The molecule has 2 amide bonds. The fourth-order valence-electron chi connectivity index (χ4n) is 4.48. The number of fused-ring (bicyclic) bond motifs is 1. The Bertz CT molecular complexity index is 1250. The number of rotatable bonds is 6. The lowest BCUT2D eigenvalue weighted by Crippen LogP contribution is -2.42. The second kappa shape index (κ2) is 10.0. The Morgan fingerprint density at radius 1 is 1.09 bits per heavy atom. The minimum atomic E-state index is -0.125. The minimum absolute atomic E-state index is 0.0270. The predicted octanol–water partition coefficient (Wildman–Crippen LogP) is 4.19. The maximum Gasteiger partial charge on any atom is 0.233 e. The Hall–Kier alpha value is -3.46. The molecule has 2 aliphatic heterocycles. The molecule has 182 valence electrons. The van der Waals surface area contributed by atoms with E-state index in [0.717, 1.165) is 16.4 Å². The number of thioether (sulfide) groups is 1. The van der Waals surface area contributed by atoms with Crippen molar-refractivity contribution < 1.29 is 19.1 Å². The lowest BCUT2D eigenvalue weighted by atomic mass is 9.96. The van der Waals surface area contributed by atoms with Gasteiger partial charge in [-0.25, -0.2) is 4.98 Å². The van der Waals surface area contributed by atoms with Gasteiger partial charge in [0.2, 0.25) is 18.6 Å². The normalized spacial score (nSPS) is 15.3. The highest BCUT2D eigenvalue weighted by atomic mass is 32.2. The molecule has 1 fully saturated rings. The molecule has 2 aliphatic rings. The van der Waals surface area contributed by atoms with Crippen molar-refractivity contribution in [2.75, 3.05) is 31.0 Å². The van der Waals surface area contributed by atoms with E-state index < -0.39 is 0 Å². The average Bonchev–Trinajstić information content (AvgIpc) is 3.52. The van der Waals surface area contributed by atoms with Crippen LogP contribution in [0, 0.1) is 19.8 Å². The highest BCUT2D eigenvalue weighted by Gasteiger charge is 2.28. The summed E-state index contributed by atoms with van der Waals surface area (Å²) in [4.78, 5) is 31.9. The average molecular weight is 493 g/mol. The zero-order chi connectivity index (χ0) is 24.4. The van der Waals surface area contributed by atoms with E-state index in [0.29, 0.717) is 48.9 Å². The van der Waals surface area contributed by atoms with Crippen LogP contribution >= 0.6 is 11.8 Å². The monoisotopic (exact) mass is 492 g/mol. The van der Waals surface area contributed by atoms with E-state index in [1.807, 2.05) is 21.7 Å². The molecule has 1 N–H and O–H groups in total. The van der Waals surface area contributed by atoms with Gasteiger partial charge in [0.15, 0.2) is 16.7 Å². The number of aromatic nitrogens is 2. The number of nitrogens with zero attached hydrogens (tertiary/aromatic N) is 3. The smallest absolute Gasteiger partial charge is 0.233 e. The third kappa shape index (κ3) is 5.14. The molecule has 5 rings (SSSR count). The first kappa shape index (κ1) is 23.3. The quantitative estimate of drug-likeness (QED) is 0.520. The van der Waals surface area contributed by atoms with Crippen LogP contribution in [0.4, 0.5) is 5.69 Å². The molecule has 3 aromatic rings. The van der Waals surface area contributed by atoms with Crippen molar-refractivity contribution in [3.05, 3.63) is 59.9 Å². The molecule has 35 heavy (non-hydrogen) atoms. The highest BCUT2D eigenvalue weighted by Crippen LogP contribution is 2.34. The van der Waals surface area contributed by atoms with Crippen LogP contribution in [0.25, 0.3) is 5.69 Å². The summed E-state index contributed by atoms with van der Waals surface area (Å²) in [6, 6.07) is 11.7. The van der Waals surface area contributed by atoms with Gasteiger partial charge in [-0.2, -0.15) is 0 Å². The van der Waals surface area contributed by atoms with Crippen LogP contribution in [-0.2, 0) is 9.59 Å². The van der Waals surface area contributed by atoms with Crippen LogP contribution in [0.1, 0.15) is 24.0 Å². The summed E-state index contributed by atoms with van der Waals surface area (Å²) in [5, 5.41) is 3.76. The number of carbonyl (C=O) groups excluding carboxylic acids is 2. The molecule has 1 saturated heterocycles. The minimum Gasteiger partial charge on any atom is -0.454 e. The van der Waals surface area contributed by atoms with Gasteiger partial charge in [0.05, 0.1) is 11.4 Å². The van der Waals surface area contributed by atoms with Gasteiger partial charge >= 0.3 is 0 Å². The summed E-state index contributed by atoms with van der Waals surface area (Å²) in [7, 11) is 0. The van der Waals surface area contributed by atoms with Crippen molar-refractivity contribution in [1.29, 1.82) is 0 Å². The molecule has 0 atom stereocenters. The van der Waals surface area contributed by atoms with Gasteiger partial charge < -0.3 is 19.7 Å². The summed E-state index contributed by atoms with van der Waals surface area (Å²) in [5.41, 5.74) is 4.13. The van der Waals surface area contributed by atoms with Crippen LogP contribution in [0.3, 0.4) is 0 Å². The predicted molar refractivity (Wildman–Crippen MR) is 134 cm³/mol. The van der Waals surface area contributed by atoms with Crippen LogP contribution in [0.5, 0.6) is 11.5 Å². The zero-order valence-electron chi connectivity index (χ0n) is 19.8. The molecule has 8 nitrogen and oxygen atoms in total. The Kier molecular flexibility index (Phi) is 6.68. The number of likely N-dealkylation sites (tertiary alicyclic amines) is 1. The zero-order valence-corrected chi connectivity index (χ0v) is 20.6. The lowest BCUT2D eigenvalue weighted by Gasteiger charge is -2.31. The number of piperidine rings is 1. The fourth-order valence-corrected chi connectivity index (χ4v) is 5.35. The largest absolute Gasteiger partial charge is 0.454 e. The molecular formula is C26H28N4O4S. The second-order valence-electron chi connectivity index (χ2n) is 8.87. The van der Waals surface area contributed by atoms with Crippen LogP contribution in [0.2, 0.25) is 0 Å². The number of imidazole rings is 1. The van der Waals surface area contributed by atoms with Gasteiger partial charge in [0, 0.05) is 43.2 Å². The van der Waals surface area contributed by atoms with E-state index in [-0.39, 0.29) is 24.5 Å². The van der Waals surface area contributed by atoms with E-state index in [4.69, 9.17) is 9.47 Å². The SMILES string of the molecule is Cc1ccc(-n2ccnc2SCC(=O)N2CCC(C(=O)Nc3ccc4c(c3)OCO4)CC2)c(C)c1. The van der Waals surface area contributed by atoms with Gasteiger partial charge in [-0.15, -0.1) is 0 Å². The van der Waals surface area contributed by atoms with E-state index in [1.165, 1.54) is 17.3 Å². The van der Waals surface area contributed by atoms with Gasteiger partial charge in [0.25, 0.3) is 0 Å². The summed E-state index contributed by atoms with van der Waals surface area (Å²) in [5.74, 6) is 1.56. The maximum absolute atomic E-state index is 12.9. The van der Waals surface area contributed by atoms with Crippen molar-refractivity contribution in [1.82, 2.24) is 14.5 Å². The molecule has 3 heterocycles. The fraction of sp³-hybridized carbons (Fsp3) is 0.346. The molecule has 0 saturated carbocycles. The number of aryl methyl sites for hydroxylation is 2. The lowest BCUT2D eigenvalue weighted by molar-refractivity contribution is -0.132. The van der Waals surface area contributed by atoms with Crippen molar-refractivity contribution in [3.63, 3.8) is 0 Å². The van der Waals surface area contributed by atoms with Crippen LogP contribution in [-0.4, -0.2) is 51.9 Å². The molecule has 0 spiro atoms. The summed E-state index contributed by atoms with van der Waals surface area (Å²) >= 11 is 1.44. The molecular weight excluding hydrogens is 464 g/mol. The van der Waals surface area contributed by atoms with Crippen molar-refractivity contribution in [3.8, 4) is 17.2 Å². The number of nitrogens with one attached hydrogen (secondary N) is 1. The van der Waals surface area contributed by atoms with Gasteiger partial charge in [-0.05, 0) is 50.5 Å². The Balaban J connectivity index is 1.12. The topological polar surface area (TPSA) is 85.7 Å². The second-order valence-corrected chi connectivity index (χ2v) is 9.81. The van der Waals surface area contributed by atoms with Crippen molar-refractivity contribution in [2.45, 2.75) is 31.8 Å². The molecule has 0 unspecified atom stereocenters. The Morgan fingerprint density at radius 3 is 2.69 bits per heavy atom. The van der Waals surface area contributed by atoms with Crippen molar-refractivity contribution >= 4 is 29.3 Å². The Morgan fingerprint density at radius 2 is 1.89 bits per heavy atom. The van der Waals surface area contributed by atoms with Crippen molar-refractivity contribution in [2.24, 2.45) is 5.92 Å². The number of carbonyl (C=O) groups is 2. The summed E-state index contributed by atoms with van der Waals surface area (Å²) in [6.07, 6.45) is 4.97. The number of anilines is 1. The van der Waals surface area contributed by atoms with E-state index >= 15 is 0 Å². The first-order valence-electron chi connectivity index (χ1n) is 11.7. The third-order valence-corrected chi connectivity index (χ3v) is 7.35. The molecule has 2 aromatic carbocycles. The third-order valence-electron chi connectivity index (χ3n) is 6.40. The van der Waals surface area contributed by atoms with E-state index in [1.54, 1.807) is 18.3 Å². The summed E-state index contributed by atoms with van der Waals surface area (Å²) < 4.78 is 12.7. The standard InChI is InChI=1S/C26H28N4O4S/c1-17-3-5-21(18(2)13-17)30-12-9-27-26(30)35-15-24(31)29-10-7-19(8-11-29)25(32)28-20-4-6-22-23(14-20)34-16-33-22/h3-6,9,12-14,19H,7-8,10-11,15-16H2,1-2H3,(H,28,32). The number of amides is 2. The number of benzene rings is 2. The molecule has 0 radical (unpaired) electrons. The number of hydrogen-bond donors (Lipinski definition) is 1. The molecule has 9 heteroatoms. The van der Waals surface area contributed by atoms with Gasteiger partial charge in [0.1, 0.15) is 0 Å². The van der Waals surface area contributed by atoms with Crippen LogP contribution < -0.4 is 14.8 Å². The summed E-state index contributed by atoms with van der Waals surface area (Å²) in [6.45, 7) is 5.50. The molecule has 0 aliphatic carbocycles.